The second-order valence-electron chi connectivity index (χ2n) is 14.2. The molecular formula is C52H38N2. The third-order valence-electron chi connectivity index (χ3n) is 10.8. The van der Waals surface area contributed by atoms with Crippen LogP contribution in [0.4, 0.5) is 0 Å². The topological polar surface area (TPSA) is 9.86 Å². The highest BCUT2D eigenvalue weighted by atomic mass is 15.0. The minimum absolute atomic E-state index is 0.384. The molecule has 0 fully saturated rings. The molecule has 2 aromatic heterocycles. The molecule has 0 saturated heterocycles. The van der Waals surface area contributed by atoms with E-state index in [1.165, 1.54) is 82.8 Å². The van der Waals surface area contributed by atoms with Gasteiger partial charge in [-0.25, -0.2) is 0 Å². The number of aromatic nitrogens is 2. The summed E-state index contributed by atoms with van der Waals surface area (Å²) in [5.74, 6) is 0.384. The Hall–Kier alpha value is -6.90. The van der Waals surface area contributed by atoms with Gasteiger partial charge in [0.2, 0.25) is 0 Å². The molecule has 0 bridgehead atoms. The molecule has 1 atom stereocenters. The summed E-state index contributed by atoms with van der Waals surface area (Å²) in [5, 5.41) is 5.14. The fourth-order valence-electron chi connectivity index (χ4n) is 8.08. The normalized spacial score (nSPS) is 14.7. The first-order valence-electron chi connectivity index (χ1n) is 18.8. The molecule has 7 aromatic carbocycles. The second-order valence-corrected chi connectivity index (χ2v) is 14.2. The molecule has 10 rings (SSSR count). The van der Waals surface area contributed by atoms with E-state index in [1.807, 2.05) is 0 Å². The lowest BCUT2D eigenvalue weighted by Crippen LogP contribution is -1.96. The fraction of sp³-hybridized carbons (Fsp3) is 0.0385. The molecule has 2 heteroatoms. The van der Waals surface area contributed by atoms with E-state index in [4.69, 9.17) is 0 Å². The number of rotatable bonds is 7. The van der Waals surface area contributed by atoms with E-state index in [1.54, 1.807) is 0 Å². The van der Waals surface area contributed by atoms with Gasteiger partial charge in [0.1, 0.15) is 0 Å². The van der Waals surface area contributed by atoms with Crippen LogP contribution in [0.2, 0.25) is 0 Å². The van der Waals surface area contributed by atoms with E-state index in [9.17, 15) is 0 Å². The Labute approximate surface area is 315 Å². The first-order chi connectivity index (χ1) is 26.8. The van der Waals surface area contributed by atoms with Gasteiger partial charge in [0.05, 0.1) is 22.1 Å². The van der Waals surface area contributed by atoms with Crippen LogP contribution in [-0.4, -0.2) is 9.13 Å². The Bertz CT molecular complexity index is 2820. The van der Waals surface area contributed by atoms with Gasteiger partial charge in [-0.15, -0.1) is 0 Å². The van der Waals surface area contributed by atoms with E-state index in [0.717, 1.165) is 6.42 Å². The Morgan fingerprint density at radius 1 is 0.407 bits per heavy atom. The minimum Gasteiger partial charge on any atom is -0.309 e. The smallest absolute Gasteiger partial charge is 0.0541 e. The van der Waals surface area contributed by atoms with Gasteiger partial charge in [0, 0.05) is 32.9 Å². The molecule has 0 saturated carbocycles. The first kappa shape index (κ1) is 31.8. The van der Waals surface area contributed by atoms with E-state index in [0.29, 0.717) is 5.92 Å². The third-order valence-corrected chi connectivity index (χ3v) is 10.8. The average molecular weight is 691 g/mol. The molecule has 2 heterocycles. The summed E-state index contributed by atoms with van der Waals surface area (Å²) in [4.78, 5) is 0. The quantitative estimate of drug-likeness (QED) is 0.147. The van der Waals surface area contributed by atoms with Crippen LogP contribution in [-0.2, 0) is 0 Å². The lowest BCUT2D eigenvalue weighted by atomic mass is 9.92. The summed E-state index contributed by atoms with van der Waals surface area (Å²) in [7, 11) is 0. The van der Waals surface area contributed by atoms with Crippen LogP contribution >= 0.6 is 0 Å². The maximum Gasteiger partial charge on any atom is 0.0541 e. The Morgan fingerprint density at radius 3 is 1.20 bits per heavy atom. The molecule has 0 spiro atoms. The maximum atomic E-state index is 2.37. The number of nitrogens with zero attached hydrogens (tertiary/aromatic N) is 2. The number of hydrogen-bond donors (Lipinski definition) is 0. The van der Waals surface area contributed by atoms with Crippen molar-refractivity contribution in [2.45, 2.75) is 6.42 Å². The zero-order valence-electron chi connectivity index (χ0n) is 29.9. The van der Waals surface area contributed by atoms with Crippen LogP contribution in [0.15, 0.2) is 194 Å². The number of benzene rings is 7. The van der Waals surface area contributed by atoms with Crippen molar-refractivity contribution in [1.82, 2.24) is 9.13 Å². The van der Waals surface area contributed by atoms with Crippen molar-refractivity contribution < 1.29 is 0 Å². The Morgan fingerprint density at radius 2 is 0.796 bits per heavy atom. The highest BCUT2D eigenvalue weighted by Crippen LogP contribution is 2.34. The summed E-state index contributed by atoms with van der Waals surface area (Å²) < 4.78 is 4.72. The summed E-state index contributed by atoms with van der Waals surface area (Å²) in [6, 6.07) is 61.3. The third kappa shape index (κ3) is 5.79. The van der Waals surface area contributed by atoms with Crippen molar-refractivity contribution in [2.75, 3.05) is 0 Å². The molecule has 0 N–H and O–H groups in total. The largest absolute Gasteiger partial charge is 0.309 e. The van der Waals surface area contributed by atoms with Gasteiger partial charge < -0.3 is 9.13 Å². The predicted molar refractivity (Wildman–Crippen MR) is 231 cm³/mol. The molecule has 9 aromatic rings. The summed E-state index contributed by atoms with van der Waals surface area (Å²) >= 11 is 0. The van der Waals surface area contributed by atoms with Crippen molar-refractivity contribution in [2.24, 2.45) is 5.92 Å². The highest BCUT2D eigenvalue weighted by Gasteiger charge is 2.13. The standard InChI is InChI=1S/C52H38N2/c1-5-13-49-45(9-1)46-10-2-6-14-50(46)53(49)43-33-25-39(26-34-43)19-17-37-21-29-41(30-22-37)42-31-23-38(24-32-42)18-20-40-27-35-44(36-28-40)54-51-15-7-3-11-47(51)48-12-4-8-16-52(48)54/h1-23,25-36,38H,24H2/b19-17+,20-18+. The van der Waals surface area contributed by atoms with Crippen LogP contribution in [0.5, 0.6) is 0 Å². The molecule has 54 heavy (non-hydrogen) atoms. The van der Waals surface area contributed by atoms with Crippen LogP contribution in [0, 0.1) is 5.92 Å². The van der Waals surface area contributed by atoms with Crippen LogP contribution < -0.4 is 0 Å². The van der Waals surface area contributed by atoms with Crippen molar-refractivity contribution >= 4 is 67.4 Å². The molecule has 0 radical (unpaired) electrons. The maximum absolute atomic E-state index is 2.37. The molecular weight excluding hydrogens is 653 g/mol. The summed E-state index contributed by atoms with van der Waals surface area (Å²) in [6.07, 6.45) is 16.9. The van der Waals surface area contributed by atoms with Gasteiger partial charge in [-0.1, -0.05) is 164 Å². The van der Waals surface area contributed by atoms with Gasteiger partial charge in [0.25, 0.3) is 0 Å². The predicted octanol–water partition coefficient (Wildman–Crippen LogP) is 13.7. The number of fused-ring (bicyclic) bond motifs is 6. The van der Waals surface area contributed by atoms with Crippen LogP contribution in [0.1, 0.15) is 28.7 Å². The monoisotopic (exact) mass is 690 g/mol. The summed E-state index contributed by atoms with van der Waals surface area (Å²) in [5.41, 5.74) is 13.4. The summed E-state index contributed by atoms with van der Waals surface area (Å²) in [6.45, 7) is 0. The Kier molecular flexibility index (Phi) is 8.00. The van der Waals surface area contributed by atoms with Crippen LogP contribution in [0.25, 0.3) is 78.8 Å². The van der Waals surface area contributed by atoms with Gasteiger partial charge in [-0.2, -0.15) is 0 Å². The zero-order valence-corrected chi connectivity index (χ0v) is 29.9. The van der Waals surface area contributed by atoms with Crippen molar-refractivity contribution in [1.29, 1.82) is 0 Å². The molecule has 1 unspecified atom stereocenters. The molecule has 1 aliphatic rings. The molecule has 256 valence electrons. The van der Waals surface area contributed by atoms with Crippen molar-refractivity contribution in [3.63, 3.8) is 0 Å². The van der Waals surface area contributed by atoms with Crippen molar-refractivity contribution in [3.05, 3.63) is 216 Å². The fourth-order valence-corrected chi connectivity index (χ4v) is 8.08. The second kappa shape index (κ2) is 13.6. The lowest BCUT2D eigenvalue weighted by Gasteiger charge is -2.13. The molecule has 0 amide bonds. The van der Waals surface area contributed by atoms with E-state index in [-0.39, 0.29) is 0 Å². The van der Waals surface area contributed by atoms with E-state index < -0.39 is 0 Å². The molecule has 2 nitrogen and oxygen atoms in total. The van der Waals surface area contributed by atoms with Gasteiger partial charge >= 0.3 is 0 Å². The zero-order chi connectivity index (χ0) is 35.8. The highest BCUT2D eigenvalue weighted by molar-refractivity contribution is 6.10. The van der Waals surface area contributed by atoms with Gasteiger partial charge in [-0.3, -0.25) is 0 Å². The minimum atomic E-state index is 0.384. The van der Waals surface area contributed by atoms with Gasteiger partial charge in [-0.05, 0) is 88.7 Å². The lowest BCUT2D eigenvalue weighted by molar-refractivity contribution is 0.829. The van der Waals surface area contributed by atoms with Gasteiger partial charge in [0.15, 0.2) is 0 Å². The Balaban J connectivity index is 0.785. The van der Waals surface area contributed by atoms with E-state index >= 15 is 0 Å². The number of hydrogen-bond acceptors (Lipinski definition) is 0. The first-order valence-corrected chi connectivity index (χ1v) is 18.8. The molecule has 1 aliphatic carbocycles. The van der Waals surface area contributed by atoms with Crippen LogP contribution in [0.3, 0.4) is 0 Å². The number of para-hydroxylation sites is 4. The van der Waals surface area contributed by atoms with Crippen molar-refractivity contribution in [3.8, 4) is 11.4 Å². The molecule has 0 aliphatic heterocycles. The SMILES string of the molecule is C1=CC(/C=C/c2ccc(-n3c4ccccc4c4ccccc43)cc2)CC=C1c1ccc(/C=C/c2ccc(-n3c4ccccc4c4ccccc43)cc2)cc1. The number of allylic oxidation sites excluding steroid dienone is 5. The average Bonchev–Trinajstić information content (AvgIpc) is 3.76. The van der Waals surface area contributed by atoms with E-state index in [2.05, 4.69) is 222 Å².